The smallest absolute Gasteiger partial charge is 0.382 e. The molecule has 0 aliphatic heterocycles. The molecule has 1 unspecified atom stereocenters. The average molecular weight is 432 g/mol. The second-order valence-corrected chi connectivity index (χ2v) is 4.58. The fraction of sp³-hybridized carbons (Fsp3) is 0.500. The second kappa shape index (κ2) is 4.51. The molecule has 0 saturated heterocycles. The summed E-state index contributed by atoms with van der Waals surface area (Å²) in [6.45, 7) is -0.516. The number of aliphatic hydroxyl groups excluding tert-OH is 1. The molecule has 0 radical (unpaired) electrons. The van der Waals surface area contributed by atoms with E-state index in [2.05, 4.69) is 4.98 Å². The van der Waals surface area contributed by atoms with Crippen LogP contribution in [0.4, 0.5) is 13.2 Å². The zero-order valence-corrected chi connectivity index (χ0v) is 10.9. The van der Waals surface area contributed by atoms with Gasteiger partial charge in [-0.15, -0.1) is 0 Å². The molecule has 1 heterocycles. The minimum Gasteiger partial charge on any atom is -0.382 e. The van der Waals surface area contributed by atoms with Crippen molar-refractivity contribution in [3.8, 4) is 0 Å². The van der Waals surface area contributed by atoms with Crippen molar-refractivity contribution in [2.45, 2.75) is 18.8 Å². The summed E-state index contributed by atoms with van der Waals surface area (Å²) in [6, 6.07) is 0. The van der Waals surface area contributed by atoms with Gasteiger partial charge in [0.25, 0.3) is 0 Å². The first-order valence-corrected chi connectivity index (χ1v) is 5.59. The summed E-state index contributed by atoms with van der Waals surface area (Å²) in [7, 11) is 0. The second-order valence-electron chi connectivity index (χ2n) is 2.54. The number of alkyl halides is 3. The van der Waals surface area contributed by atoms with Crippen molar-refractivity contribution in [3.63, 3.8) is 0 Å². The van der Waals surface area contributed by atoms with Gasteiger partial charge in [0, 0.05) is 0 Å². The summed E-state index contributed by atoms with van der Waals surface area (Å²) in [5.41, 5.74) is 0. The first-order chi connectivity index (χ1) is 6.32. The molecule has 80 valence electrons. The lowest BCUT2D eigenvalue weighted by molar-refractivity contribution is -0.207. The highest BCUT2D eigenvalue weighted by Crippen LogP contribution is 2.22. The molecule has 14 heavy (non-hydrogen) atoms. The van der Waals surface area contributed by atoms with Crippen LogP contribution in [0, 0.1) is 7.40 Å². The molecule has 1 atom stereocenters. The molecule has 0 aliphatic rings. The van der Waals surface area contributed by atoms with Crippen LogP contribution in [0.15, 0.2) is 6.33 Å². The highest BCUT2D eigenvalue weighted by molar-refractivity contribution is 14.1. The number of imidazole rings is 1. The summed E-state index contributed by atoms with van der Waals surface area (Å²) < 4.78 is 38.4. The number of hydrogen-bond donors (Lipinski definition) is 1. The van der Waals surface area contributed by atoms with Gasteiger partial charge in [-0.1, -0.05) is 0 Å². The minimum absolute atomic E-state index is 0.516. The van der Waals surface area contributed by atoms with E-state index in [0.29, 0.717) is 7.40 Å². The van der Waals surface area contributed by atoms with Gasteiger partial charge in [0.2, 0.25) is 0 Å². The third kappa shape index (κ3) is 2.95. The predicted octanol–water partition coefficient (Wildman–Crippen LogP) is 2.02. The van der Waals surface area contributed by atoms with E-state index in [9.17, 15) is 13.2 Å². The van der Waals surface area contributed by atoms with Crippen LogP contribution in [0.25, 0.3) is 0 Å². The molecule has 0 spiro atoms. The largest absolute Gasteiger partial charge is 0.416 e. The minimum atomic E-state index is -4.58. The van der Waals surface area contributed by atoms with E-state index >= 15 is 0 Å². The van der Waals surface area contributed by atoms with Crippen molar-refractivity contribution in [2.75, 3.05) is 0 Å². The number of aromatic nitrogens is 2. The monoisotopic (exact) mass is 432 g/mol. The highest BCUT2D eigenvalue weighted by Gasteiger charge is 2.38. The number of nitrogens with zero attached hydrogens (tertiary/aromatic N) is 2. The van der Waals surface area contributed by atoms with Gasteiger partial charge in [-0.05, 0) is 45.2 Å². The van der Waals surface area contributed by atoms with E-state index in [1.54, 1.807) is 0 Å². The predicted molar refractivity (Wildman–Crippen MR) is 59.7 cm³/mol. The molecular formula is C6H5F3I2N2O. The standard InChI is InChI=1S/C6H5F3I2N2O/c7-6(8,9)3(14)1-13-2-12-4(10)5(13)11/h2-3,14H,1H2. The lowest BCUT2D eigenvalue weighted by Gasteiger charge is -2.15. The van der Waals surface area contributed by atoms with Gasteiger partial charge in [-0.2, -0.15) is 13.2 Å². The first-order valence-electron chi connectivity index (χ1n) is 3.43. The Labute approximate surface area is 105 Å². The van der Waals surface area contributed by atoms with E-state index in [4.69, 9.17) is 5.11 Å². The van der Waals surface area contributed by atoms with E-state index in [1.165, 1.54) is 10.9 Å². The van der Waals surface area contributed by atoms with Crippen LogP contribution in [0.1, 0.15) is 0 Å². The van der Waals surface area contributed by atoms with Gasteiger partial charge in [-0.25, -0.2) is 4.98 Å². The van der Waals surface area contributed by atoms with Crippen molar-refractivity contribution in [2.24, 2.45) is 0 Å². The molecule has 0 amide bonds. The summed E-state index contributed by atoms with van der Waals surface area (Å²) in [5.74, 6) is 0. The number of hydrogen-bond acceptors (Lipinski definition) is 2. The van der Waals surface area contributed by atoms with Crippen LogP contribution in [0.5, 0.6) is 0 Å². The fourth-order valence-corrected chi connectivity index (χ4v) is 1.66. The van der Waals surface area contributed by atoms with Crippen LogP contribution in [0.3, 0.4) is 0 Å². The lowest BCUT2D eigenvalue weighted by atomic mass is 10.3. The summed E-state index contributed by atoms with van der Waals surface area (Å²) in [5, 5.41) is 8.79. The summed E-state index contributed by atoms with van der Waals surface area (Å²) in [4.78, 5) is 3.81. The van der Waals surface area contributed by atoms with Crippen LogP contribution in [-0.4, -0.2) is 26.9 Å². The molecule has 1 aromatic heterocycles. The Morgan fingerprint density at radius 1 is 1.50 bits per heavy atom. The van der Waals surface area contributed by atoms with Gasteiger partial charge < -0.3 is 9.67 Å². The van der Waals surface area contributed by atoms with E-state index < -0.39 is 18.8 Å². The molecule has 0 aromatic carbocycles. The van der Waals surface area contributed by atoms with Gasteiger partial charge >= 0.3 is 6.18 Å². The summed E-state index contributed by atoms with van der Waals surface area (Å²) in [6.07, 6.45) is -5.65. The van der Waals surface area contributed by atoms with Crippen molar-refractivity contribution < 1.29 is 18.3 Å². The quantitative estimate of drug-likeness (QED) is 0.727. The van der Waals surface area contributed by atoms with Crippen LogP contribution >= 0.6 is 45.2 Å². The molecule has 8 heteroatoms. The molecule has 0 fully saturated rings. The van der Waals surface area contributed by atoms with E-state index in [-0.39, 0.29) is 0 Å². The maximum atomic E-state index is 12.0. The van der Waals surface area contributed by atoms with Crippen LogP contribution in [-0.2, 0) is 6.54 Å². The lowest BCUT2D eigenvalue weighted by Crippen LogP contribution is -2.32. The Morgan fingerprint density at radius 2 is 2.07 bits per heavy atom. The van der Waals surface area contributed by atoms with Gasteiger partial charge in [0.1, 0.15) is 7.40 Å². The molecule has 1 aromatic rings. The Kier molecular flexibility index (Phi) is 4.03. The average Bonchev–Trinajstić information content (AvgIpc) is 2.34. The Morgan fingerprint density at radius 3 is 2.43 bits per heavy atom. The van der Waals surface area contributed by atoms with Crippen molar-refractivity contribution in [1.29, 1.82) is 0 Å². The van der Waals surface area contributed by atoms with Gasteiger partial charge in [-0.3, -0.25) is 0 Å². The van der Waals surface area contributed by atoms with Crippen molar-refractivity contribution >= 4 is 45.2 Å². The molecule has 1 N–H and O–H groups in total. The fourth-order valence-electron chi connectivity index (χ4n) is 0.760. The molecule has 0 saturated carbocycles. The SMILES string of the molecule is OC(Cn1cnc(I)c1I)C(F)(F)F. The Balaban J connectivity index is 2.75. The number of halogens is 5. The van der Waals surface area contributed by atoms with Crippen LogP contribution in [0.2, 0.25) is 0 Å². The van der Waals surface area contributed by atoms with Crippen molar-refractivity contribution in [1.82, 2.24) is 9.55 Å². The molecule has 3 nitrogen and oxygen atoms in total. The zero-order chi connectivity index (χ0) is 10.9. The summed E-state index contributed by atoms with van der Waals surface area (Å²) >= 11 is 3.79. The number of rotatable bonds is 2. The normalized spacial score (nSPS) is 14.4. The maximum absolute atomic E-state index is 12.0. The first kappa shape index (κ1) is 12.5. The maximum Gasteiger partial charge on any atom is 0.416 e. The number of aliphatic hydroxyl groups is 1. The third-order valence-corrected chi connectivity index (χ3v) is 4.43. The topological polar surface area (TPSA) is 38.0 Å². The van der Waals surface area contributed by atoms with Crippen LogP contribution < -0.4 is 0 Å². The Bertz CT molecular complexity index is 325. The highest BCUT2D eigenvalue weighted by atomic mass is 127. The van der Waals surface area contributed by atoms with Gasteiger partial charge in [0.15, 0.2) is 6.10 Å². The van der Waals surface area contributed by atoms with Crippen molar-refractivity contribution in [3.05, 3.63) is 13.7 Å². The third-order valence-electron chi connectivity index (χ3n) is 1.48. The molecule has 0 aliphatic carbocycles. The zero-order valence-electron chi connectivity index (χ0n) is 6.59. The molecular weight excluding hydrogens is 427 g/mol. The van der Waals surface area contributed by atoms with E-state index in [1.807, 2.05) is 45.2 Å². The van der Waals surface area contributed by atoms with E-state index in [0.717, 1.165) is 0 Å². The molecule has 1 rings (SSSR count). The Hall–Kier alpha value is 0.420. The molecule has 0 bridgehead atoms. The van der Waals surface area contributed by atoms with Gasteiger partial charge in [0.05, 0.1) is 12.9 Å².